The summed E-state index contributed by atoms with van der Waals surface area (Å²) in [5, 5.41) is 12.0. The van der Waals surface area contributed by atoms with Crippen molar-refractivity contribution < 1.29 is 4.79 Å². The van der Waals surface area contributed by atoms with Gasteiger partial charge in [0.1, 0.15) is 0 Å². The molecule has 0 atom stereocenters. The highest BCUT2D eigenvalue weighted by Crippen LogP contribution is 2.30. The van der Waals surface area contributed by atoms with E-state index < -0.39 is 0 Å². The smallest absolute Gasteiger partial charge is 0.291 e. The molecule has 0 aliphatic rings. The third-order valence-electron chi connectivity index (χ3n) is 3.19. The van der Waals surface area contributed by atoms with Crippen molar-refractivity contribution in [1.29, 1.82) is 0 Å². The zero-order chi connectivity index (χ0) is 15.8. The largest absolute Gasteiger partial charge is 0.316 e. The number of halogens is 1. The Morgan fingerprint density at radius 3 is 2.74 bits per heavy atom. The standard InChI is InChI=1S/C15H9ClN4OS2/c16-9-5-7-10(8-6-9)17-15(21)23-14-19-18-13-20(14)11-3-1-2-4-12(11)22-13/h1-8H,(H,17,21). The molecule has 0 unspecified atom stereocenters. The predicted octanol–water partition coefficient (Wildman–Crippen LogP) is 4.92. The molecular weight excluding hydrogens is 352 g/mol. The van der Waals surface area contributed by atoms with Crippen LogP contribution >= 0.6 is 34.7 Å². The Labute approximate surface area is 144 Å². The Hall–Kier alpha value is -2.09. The van der Waals surface area contributed by atoms with E-state index in [1.54, 1.807) is 35.6 Å². The number of hydrogen-bond donors (Lipinski definition) is 1. The van der Waals surface area contributed by atoms with Gasteiger partial charge in [0.25, 0.3) is 5.24 Å². The average molecular weight is 361 g/mol. The fraction of sp³-hybridized carbons (Fsp3) is 0. The number of fused-ring (bicyclic) bond motifs is 3. The van der Waals surface area contributed by atoms with Crippen molar-refractivity contribution in [2.75, 3.05) is 5.32 Å². The van der Waals surface area contributed by atoms with Gasteiger partial charge in [-0.2, -0.15) is 0 Å². The van der Waals surface area contributed by atoms with Crippen molar-refractivity contribution in [2.45, 2.75) is 5.16 Å². The van der Waals surface area contributed by atoms with Gasteiger partial charge in [0.15, 0.2) is 0 Å². The predicted molar refractivity (Wildman–Crippen MR) is 94.7 cm³/mol. The monoisotopic (exact) mass is 360 g/mol. The van der Waals surface area contributed by atoms with E-state index in [0.717, 1.165) is 26.9 Å². The first kappa shape index (κ1) is 14.5. The minimum atomic E-state index is -0.225. The fourth-order valence-electron chi connectivity index (χ4n) is 2.18. The van der Waals surface area contributed by atoms with Crippen LogP contribution in [-0.2, 0) is 0 Å². The minimum Gasteiger partial charge on any atom is -0.316 e. The summed E-state index contributed by atoms with van der Waals surface area (Å²) < 4.78 is 3.00. The molecule has 0 aliphatic heterocycles. The molecule has 4 aromatic rings. The molecular formula is C15H9ClN4OS2. The number of rotatable bonds is 2. The van der Waals surface area contributed by atoms with Crippen LogP contribution in [0.1, 0.15) is 0 Å². The van der Waals surface area contributed by atoms with Crippen molar-refractivity contribution in [1.82, 2.24) is 14.6 Å². The van der Waals surface area contributed by atoms with Crippen molar-refractivity contribution in [3.8, 4) is 0 Å². The van der Waals surface area contributed by atoms with Crippen LogP contribution in [-0.4, -0.2) is 19.8 Å². The lowest BCUT2D eigenvalue weighted by atomic mass is 10.3. The molecule has 23 heavy (non-hydrogen) atoms. The highest BCUT2D eigenvalue weighted by Gasteiger charge is 2.16. The molecule has 1 N–H and O–H groups in total. The summed E-state index contributed by atoms with van der Waals surface area (Å²) in [5.41, 5.74) is 1.68. The maximum absolute atomic E-state index is 12.2. The van der Waals surface area contributed by atoms with E-state index in [9.17, 15) is 4.79 Å². The number of carbonyl (C=O) groups excluding carboxylic acids is 1. The molecule has 4 rings (SSSR count). The first-order valence-corrected chi connectivity index (χ1v) is 8.69. The SMILES string of the molecule is O=C(Nc1ccc(Cl)cc1)Sc1nnc2sc3ccccc3n12. The van der Waals surface area contributed by atoms with Gasteiger partial charge in [0, 0.05) is 22.5 Å². The van der Waals surface area contributed by atoms with Crippen LogP contribution in [0.2, 0.25) is 5.02 Å². The lowest BCUT2D eigenvalue weighted by Crippen LogP contribution is -2.05. The van der Waals surface area contributed by atoms with Gasteiger partial charge in [0.05, 0.1) is 10.2 Å². The second kappa shape index (κ2) is 5.84. The summed E-state index contributed by atoms with van der Waals surface area (Å²) in [4.78, 5) is 13.0. The summed E-state index contributed by atoms with van der Waals surface area (Å²) in [6.07, 6.45) is 0. The first-order chi connectivity index (χ1) is 11.2. The van der Waals surface area contributed by atoms with Gasteiger partial charge >= 0.3 is 0 Å². The second-order valence-electron chi connectivity index (χ2n) is 4.69. The van der Waals surface area contributed by atoms with E-state index in [2.05, 4.69) is 15.5 Å². The number of benzene rings is 2. The normalized spacial score (nSPS) is 11.2. The van der Waals surface area contributed by atoms with Crippen LogP contribution in [0.15, 0.2) is 53.7 Å². The first-order valence-electron chi connectivity index (χ1n) is 6.68. The van der Waals surface area contributed by atoms with Crippen molar-refractivity contribution in [2.24, 2.45) is 0 Å². The van der Waals surface area contributed by atoms with Crippen LogP contribution in [0.3, 0.4) is 0 Å². The molecule has 0 fully saturated rings. The van der Waals surface area contributed by atoms with Crippen molar-refractivity contribution in [3.63, 3.8) is 0 Å². The lowest BCUT2D eigenvalue weighted by Gasteiger charge is -2.03. The lowest BCUT2D eigenvalue weighted by molar-refractivity contribution is 0.269. The number of carbonyl (C=O) groups is 1. The van der Waals surface area contributed by atoms with E-state index in [-0.39, 0.29) is 5.24 Å². The number of nitrogens with zero attached hydrogens (tertiary/aromatic N) is 3. The number of amides is 1. The molecule has 0 bridgehead atoms. The number of thiazole rings is 1. The number of hydrogen-bond acceptors (Lipinski definition) is 5. The molecule has 0 saturated carbocycles. The summed E-state index contributed by atoms with van der Waals surface area (Å²) >= 11 is 8.39. The van der Waals surface area contributed by atoms with Crippen LogP contribution in [0.4, 0.5) is 10.5 Å². The third kappa shape index (κ3) is 2.78. The summed E-state index contributed by atoms with van der Waals surface area (Å²) in [6.45, 7) is 0. The summed E-state index contributed by atoms with van der Waals surface area (Å²) in [7, 11) is 0. The van der Waals surface area contributed by atoms with Crippen LogP contribution < -0.4 is 5.32 Å². The minimum absolute atomic E-state index is 0.225. The molecule has 0 radical (unpaired) electrons. The highest BCUT2D eigenvalue weighted by atomic mass is 35.5. The van der Waals surface area contributed by atoms with E-state index in [4.69, 9.17) is 11.6 Å². The Kier molecular flexibility index (Phi) is 3.68. The van der Waals surface area contributed by atoms with Gasteiger partial charge in [-0.3, -0.25) is 9.20 Å². The molecule has 8 heteroatoms. The van der Waals surface area contributed by atoms with E-state index in [1.165, 1.54) is 0 Å². The van der Waals surface area contributed by atoms with Gasteiger partial charge in [-0.15, -0.1) is 10.2 Å². The molecule has 2 aromatic carbocycles. The molecule has 5 nitrogen and oxygen atoms in total. The number of para-hydroxylation sites is 1. The van der Waals surface area contributed by atoms with Gasteiger partial charge in [0.2, 0.25) is 10.1 Å². The zero-order valence-corrected chi connectivity index (χ0v) is 14.0. The third-order valence-corrected chi connectivity index (χ3v) is 5.18. The van der Waals surface area contributed by atoms with E-state index in [1.807, 2.05) is 28.7 Å². The molecule has 114 valence electrons. The summed E-state index contributed by atoms with van der Waals surface area (Å²) in [5.74, 6) is 0. The van der Waals surface area contributed by atoms with Crippen LogP contribution in [0, 0.1) is 0 Å². The molecule has 0 saturated heterocycles. The Morgan fingerprint density at radius 2 is 1.91 bits per heavy atom. The number of thioether (sulfide) groups is 1. The summed E-state index contributed by atoms with van der Waals surface area (Å²) in [6, 6.07) is 14.9. The maximum Gasteiger partial charge on any atom is 0.291 e. The Balaban J connectivity index is 1.62. The molecule has 1 amide bonds. The number of anilines is 1. The molecule has 2 heterocycles. The fourth-order valence-corrected chi connectivity index (χ4v) is 4.02. The second-order valence-corrected chi connectivity index (χ2v) is 7.08. The van der Waals surface area contributed by atoms with Crippen LogP contribution in [0.5, 0.6) is 0 Å². The van der Waals surface area contributed by atoms with E-state index >= 15 is 0 Å². The van der Waals surface area contributed by atoms with Gasteiger partial charge in [-0.25, -0.2) is 0 Å². The van der Waals surface area contributed by atoms with E-state index in [0.29, 0.717) is 15.9 Å². The quantitative estimate of drug-likeness (QED) is 0.515. The molecule has 0 spiro atoms. The highest BCUT2D eigenvalue weighted by molar-refractivity contribution is 8.13. The molecule has 2 aromatic heterocycles. The zero-order valence-electron chi connectivity index (χ0n) is 11.6. The van der Waals surface area contributed by atoms with Gasteiger partial charge in [-0.05, 0) is 36.4 Å². The van der Waals surface area contributed by atoms with Gasteiger partial charge < -0.3 is 5.32 Å². The maximum atomic E-state index is 12.2. The Bertz CT molecular complexity index is 1010. The van der Waals surface area contributed by atoms with Crippen molar-refractivity contribution >= 4 is 60.8 Å². The Morgan fingerprint density at radius 1 is 1.13 bits per heavy atom. The number of nitrogens with one attached hydrogen (secondary N) is 1. The van der Waals surface area contributed by atoms with Crippen LogP contribution in [0.25, 0.3) is 15.2 Å². The molecule has 0 aliphatic carbocycles. The van der Waals surface area contributed by atoms with Crippen molar-refractivity contribution in [3.05, 3.63) is 53.6 Å². The van der Waals surface area contributed by atoms with Gasteiger partial charge in [-0.1, -0.05) is 35.1 Å². The topological polar surface area (TPSA) is 59.3 Å². The average Bonchev–Trinajstić information content (AvgIpc) is 3.09. The number of aromatic nitrogens is 3.